The van der Waals surface area contributed by atoms with Gasteiger partial charge in [-0.15, -0.1) is 0 Å². The van der Waals surface area contributed by atoms with Crippen LogP contribution in [0.5, 0.6) is 11.5 Å². The van der Waals surface area contributed by atoms with E-state index in [1.165, 1.54) is 0 Å². The molecule has 0 unspecified atom stereocenters. The smallest absolute Gasteiger partial charge is 0.224 e. The number of hydrogen-bond acceptors (Lipinski definition) is 2. The Morgan fingerprint density at radius 3 is 1.96 bits per heavy atom. The first kappa shape index (κ1) is 15.8. The molecule has 0 aliphatic carbocycles. The Bertz CT molecular complexity index is 768. The molecule has 0 saturated heterocycles. The molecule has 0 saturated carbocycles. The number of nitrogens with one attached hydrogen (secondary N) is 1. The summed E-state index contributed by atoms with van der Waals surface area (Å²) in [4.78, 5) is 12.0. The molecule has 3 nitrogen and oxygen atoms in total. The SMILES string of the molecule is O=C(Cc1ccc(Oc2ccccc2)cc1)NCc1ccccc1. The Morgan fingerprint density at radius 2 is 1.29 bits per heavy atom. The van der Waals surface area contributed by atoms with Crippen molar-refractivity contribution >= 4 is 5.91 Å². The van der Waals surface area contributed by atoms with Crippen LogP contribution in [0.4, 0.5) is 0 Å². The third-order valence-electron chi connectivity index (χ3n) is 3.60. The fourth-order valence-corrected chi connectivity index (χ4v) is 2.34. The summed E-state index contributed by atoms with van der Waals surface area (Å²) in [5, 5.41) is 2.93. The molecule has 0 aliphatic rings. The predicted octanol–water partition coefficient (Wildman–Crippen LogP) is 4.34. The molecule has 120 valence electrons. The molecule has 0 aromatic heterocycles. The number of benzene rings is 3. The van der Waals surface area contributed by atoms with Crippen LogP contribution in [-0.2, 0) is 17.8 Å². The summed E-state index contributed by atoms with van der Waals surface area (Å²) in [7, 11) is 0. The molecule has 0 radical (unpaired) electrons. The lowest BCUT2D eigenvalue weighted by Crippen LogP contribution is -2.24. The fraction of sp³-hybridized carbons (Fsp3) is 0.0952. The Morgan fingerprint density at radius 1 is 0.708 bits per heavy atom. The average molecular weight is 317 g/mol. The summed E-state index contributed by atoms with van der Waals surface area (Å²) >= 11 is 0. The molecule has 3 rings (SSSR count). The van der Waals surface area contributed by atoms with E-state index in [0.717, 1.165) is 22.6 Å². The quantitative estimate of drug-likeness (QED) is 0.734. The van der Waals surface area contributed by atoms with Crippen molar-refractivity contribution in [3.8, 4) is 11.5 Å². The summed E-state index contributed by atoms with van der Waals surface area (Å²) in [6, 6.07) is 27.1. The van der Waals surface area contributed by atoms with Gasteiger partial charge in [0.15, 0.2) is 0 Å². The van der Waals surface area contributed by atoms with Crippen molar-refractivity contribution in [1.29, 1.82) is 0 Å². The second-order valence-corrected chi connectivity index (χ2v) is 5.50. The van der Waals surface area contributed by atoms with Gasteiger partial charge in [0.2, 0.25) is 5.91 Å². The minimum Gasteiger partial charge on any atom is -0.457 e. The molecule has 3 aromatic carbocycles. The second kappa shape index (κ2) is 7.97. The highest BCUT2D eigenvalue weighted by molar-refractivity contribution is 5.78. The molecule has 24 heavy (non-hydrogen) atoms. The maximum atomic E-state index is 12.0. The van der Waals surface area contributed by atoms with Gasteiger partial charge in [-0.3, -0.25) is 4.79 Å². The molecule has 0 aliphatic heterocycles. The number of carbonyl (C=O) groups excluding carboxylic acids is 1. The number of carbonyl (C=O) groups is 1. The third-order valence-corrected chi connectivity index (χ3v) is 3.60. The van der Waals surface area contributed by atoms with Crippen molar-refractivity contribution in [1.82, 2.24) is 5.32 Å². The van der Waals surface area contributed by atoms with Gasteiger partial charge in [-0.25, -0.2) is 0 Å². The van der Waals surface area contributed by atoms with Crippen LogP contribution in [0.15, 0.2) is 84.9 Å². The minimum absolute atomic E-state index is 0.00980. The largest absolute Gasteiger partial charge is 0.457 e. The number of amides is 1. The van der Waals surface area contributed by atoms with Crippen LogP contribution in [0.2, 0.25) is 0 Å². The summed E-state index contributed by atoms with van der Waals surface area (Å²) in [5.74, 6) is 1.57. The van der Waals surface area contributed by atoms with Crippen LogP contribution in [-0.4, -0.2) is 5.91 Å². The zero-order chi connectivity index (χ0) is 16.6. The van der Waals surface area contributed by atoms with E-state index in [2.05, 4.69) is 5.32 Å². The maximum absolute atomic E-state index is 12.0. The first-order valence-corrected chi connectivity index (χ1v) is 7.92. The van der Waals surface area contributed by atoms with Gasteiger partial charge in [-0.1, -0.05) is 60.7 Å². The molecule has 0 atom stereocenters. The van der Waals surface area contributed by atoms with Gasteiger partial charge >= 0.3 is 0 Å². The Kier molecular flexibility index (Phi) is 5.25. The van der Waals surface area contributed by atoms with E-state index in [9.17, 15) is 4.79 Å². The number of rotatable bonds is 6. The number of para-hydroxylation sites is 1. The van der Waals surface area contributed by atoms with Crippen molar-refractivity contribution in [2.24, 2.45) is 0 Å². The van der Waals surface area contributed by atoms with Crippen molar-refractivity contribution in [2.75, 3.05) is 0 Å². The van der Waals surface area contributed by atoms with Crippen LogP contribution in [0, 0.1) is 0 Å². The van der Waals surface area contributed by atoms with E-state index in [0.29, 0.717) is 13.0 Å². The Balaban J connectivity index is 1.51. The molecule has 0 bridgehead atoms. The summed E-state index contributed by atoms with van der Waals surface area (Å²) in [6.07, 6.45) is 0.360. The van der Waals surface area contributed by atoms with E-state index >= 15 is 0 Å². The molecule has 0 heterocycles. The van der Waals surface area contributed by atoms with E-state index in [-0.39, 0.29) is 5.91 Å². The van der Waals surface area contributed by atoms with Gasteiger partial charge in [0.05, 0.1) is 6.42 Å². The monoisotopic (exact) mass is 317 g/mol. The summed E-state index contributed by atoms with van der Waals surface area (Å²) in [6.45, 7) is 0.550. The van der Waals surface area contributed by atoms with Crippen LogP contribution < -0.4 is 10.1 Å². The highest BCUT2D eigenvalue weighted by Crippen LogP contribution is 2.21. The van der Waals surface area contributed by atoms with Gasteiger partial charge in [0, 0.05) is 6.54 Å². The van der Waals surface area contributed by atoms with E-state index in [1.54, 1.807) is 0 Å². The van der Waals surface area contributed by atoms with E-state index in [1.807, 2.05) is 84.9 Å². The van der Waals surface area contributed by atoms with Gasteiger partial charge in [0.1, 0.15) is 11.5 Å². The average Bonchev–Trinajstić information content (AvgIpc) is 2.63. The van der Waals surface area contributed by atoms with E-state index < -0.39 is 0 Å². The molecule has 0 fully saturated rings. The van der Waals surface area contributed by atoms with Gasteiger partial charge in [-0.05, 0) is 35.4 Å². The number of hydrogen-bond donors (Lipinski definition) is 1. The first-order chi connectivity index (χ1) is 11.8. The van der Waals surface area contributed by atoms with Gasteiger partial charge < -0.3 is 10.1 Å². The molecule has 0 spiro atoms. The van der Waals surface area contributed by atoms with Crippen LogP contribution in [0.3, 0.4) is 0 Å². The highest BCUT2D eigenvalue weighted by atomic mass is 16.5. The van der Waals surface area contributed by atoms with Crippen molar-refractivity contribution < 1.29 is 9.53 Å². The summed E-state index contributed by atoms with van der Waals surface area (Å²) < 4.78 is 5.74. The van der Waals surface area contributed by atoms with Crippen molar-refractivity contribution in [2.45, 2.75) is 13.0 Å². The third kappa shape index (κ3) is 4.71. The summed E-state index contributed by atoms with van der Waals surface area (Å²) in [5.41, 5.74) is 2.05. The minimum atomic E-state index is 0.00980. The zero-order valence-corrected chi connectivity index (χ0v) is 13.3. The van der Waals surface area contributed by atoms with Crippen LogP contribution >= 0.6 is 0 Å². The van der Waals surface area contributed by atoms with Gasteiger partial charge in [0.25, 0.3) is 0 Å². The molecule has 1 N–H and O–H groups in total. The maximum Gasteiger partial charge on any atom is 0.224 e. The van der Waals surface area contributed by atoms with Crippen molar-refractivity contribution in [3.05, 3.63) is 96.1 Å². The fourth-order valence-electron chi connectivity index (χ4n) is 2.34. The second-order valence-electron chi connectivity index (χ2n) is 5.50. The molecular formula is C21H19NO2. The standard InChI is InChI=1S/C21H19NO2/c23-21(22-16-18-7-3-1-4-8-18)15-17-11-13-20(14-12-17)24-19-9-5-2-6-10-19/h1-14H,15-16H2,(H,22,23). The normalized spacial score (nSPS) is 10.2. The Hall–Kier alpha value is -3.07. The van der Waals surface area contributed by atoms with E-state index in [4.69, 9.17) is 4.74 Å². The van der Waals surface area contributed by atoms with Crippen LogP contribution in [0.25, 0.3) is 0 Å². The lowest BCUT2D eigenvalue weighted by Gasteiger charge is -2.08. The topological polar surface area (TPSA) is 38.3 Å². The lowest BCUT2D eigenvalue weighted by atomic mass is 10.1. The molecule has 1 amide bonds. The molecule has 3 heteroatoms. The first-order valence-electron chi connectivity index (χ1n) is 7.92. The van der Waals surface area contributed by atoms with Gasteiger partial charge in [-0.2, -0.15) is 0 Å². The lowest BCUT2D eigenvalue weighted by molar-refractivity contribution is -0.120. The zero-order valence-electron chi connectivity index (χ0n) is 13.3. The number of ether oxygens (including phenoxy) is 1. The Labute approximate surface area is 141 Å². The van der Waals surface area contributed by atoms with Crippen molar-refractivity contribution in [3.63, 3.8) is 0 Å². The van der Waals surface area contributed by atoms with Crippen LogP contribution in [0.1, 0.15) is 11.1 Å². The highest BCUT2D eigenvalue weighted by Gasteiger charge is 2.04. The molecule has 3 aromatic rings. The predicted molar refractivity (Wildman–Crippen MR) is 95.0 cm³/mol. The molecular weight excluding hydrogens is 298 g/mol.